The summed E-state index contributed by atoms with van der Waals surface area (Å²) < 4.78 is 10.7. The summed E-state index contributed by atoms with van der Waals surface area (Å²) in [5.74, 6) is -0.334. The molecule has 1 amide bonds. The number of carbonyl (C=O) groups excluding carboxylic acids is 2. The van der Waals surface area contributed by atoms with Gasteiger partial charge >= 0.3 is 0 Å². The second-order valence-corrected chi connectivity index (χ2v) is 6.03. The maximum atomic E-state index is 12.8. The van der Waals surface area contributed by atoms with Crippen molar-refractivity contribution in [1.29, 1.82) is 0 Å². The van der Waals surface area contributed by atoms with Crippen LogP contribution in [0.4, 0.5) is 5.69 Å². The molecule has 1 fully saturated rings. The highest BCUT2D eigenvalue weighted by molar-refractivity contribution is 6.00. The van der Waals surface area contributed by atoms with E-state index in [1.165, 1.54) is 13.2 Å². The molecule has 0 saturated carbocycles. The molecule has 26 heavy (non-hydrogen) atoms. The minimum absolute atomic E-state index is 0.0591. The van der Waals surface area contributed by atoms with E-state index in [9.17, 15) is 24.8 Å². The summed E-state index contributed by atoms with van der Waals surface area (Å²) in [6.45, 7) is 2.29. The number of methoxy groups -OCH3 is 1. The van der Waals surface area contributed by atoms with Crippen molar-refractivity contribution in [3.63, 3.8) is 0 Å². The van der Waals surface area contributed by atoms with Gasteiger partial charge in [0.05, 0.1) is 36.9 Å². The van der Waals surface area contributed by atoms with E-state index in [-0.39, 0.29) is 30.0 Å². The highest BCUT2D eigenvalue weighted by Crippen LogP contribution is 2.36. The van der Waals surface area contributed by atoms with Gasteiger partial charge in [-0.05, 0) is 6.42 Å². The largest absolute Gasteiger partial charge is 0.493 e. The molecular weight excluding hydrogens is 344 g/mol. The van der Waals surface area contributed by atoms with Crippen LogP contribution in [0, 0.1) is 10.1 Å². The Bertz CT molecular complexity index is 692. The molecule has 1 aromatic carbocycles. The Balaban J connectivity index is 2.41. The fourth-order valence-corrected chi connectivity index (χ4v) is 2.83. The average molecular weight is 366 g/mol. The number of ether oxygens (including phenoxy) is 2. The number of likely N-dealkylation sites (tertiary alicyclic amines) is 1. The van der Waals surface area contributed by atoms with Crippen LogP contribution in [0.2, 0.25) is 0 Å². The zero-order valence-corrected chi connectivity index (χ0v) is 14.7. The van der Waals surface area contributed by atoms with Crippen molar-refractivity contribution in [1.82, 2.24) is 4.90 Å². The second kappa shape index (κ2) is 8.61. The molecule has 1 saturated heterocycles. The first-order valence-corrected chi connectivity index (χ1v) is 8.36. The summed E-state index contributed by atoms with van der Waals surface area (Å²) in [5.41, 5.74) is -0.649. The highest BCUT2D eigenvalue weighted by Gasteiger charge is 2.37. The van der Waals surface area contributed by atoms with Gasteiger partial charge in [0.1, 0.15) is 11.8 Å². The molecule has 0 aromatic heterocycles. The lowest BCUT2D eigenvalue weighted by atomic mass is 10.1. The maximum Gasteiger partial charge on any atom is 0.286 e. The standard InChI is InChI=1S/C17H22N2O7/c1-3-4-5-26-16-8-14(19(23)24)13(7-15(16)25-2)17(22)18-9-12(21)6-11(18)10-20/h7-8,10-12,21H,3-6,9H2,1-2H3/t11-,12+/m0/s1. The minimum Gasteiger partial charge on any atom is -0.493 e. The van der Waals surface area contributed by atoms with Crippen LogP contribution in [0.3, 0.4) is 0 Å². The van der Waals surface area contributed by atoms with Crippen LogP contribution in [0.5, 0.6) is 11.5 Å². The normalized spacial score (nSPS) is 19.3. The molecule has 142 valence electrons. The van der Waals surface area contributed by atoms with Gasteiger partial charge < -0.3 is 24.3 Å². The lowest BCUT2D eigenvalue weighted by molar-refractivity contribution is -0.385. The van der Waals surface area contributed by atoms with E-state index >= 15 is 0 Å². The number of aldehydes is 1. The number of β-amino-alcohol motifs (C(OH)–C–C–N with tert-alkyl or cyclic N) is 1. The highest BCUT2D eigenvalue weighted by atomic mass is 16.6. The maximum absolute atomic E-state index is 12.8. The first-order chi connectivity index (χ1) is 12.4. The van der Waals surface area contributed by atoms with Crippen molar-refractivity contribution in [3.05, 3.63) is 27.8 Å². The summed E-state index contributed by atoms with van der Waals surface area (Å²) >= 11 is 0. The number of aliphatic hydroxyl groups is 1. The van der Waals surface area contributed by atoms with Crippen LogP contribution >= 0.6 is 0 Å². The number of aliphatic hydroxyl groups excluding tert-OH is 1. The van der Waals surface area contributed by atoms with E-state index in [1.807, 2.05) is 6.92 Å². The van der Waals surface area contributed by atoms with E-state index in [0.29, 0.717) is 12.9 Å². The molecule has 9 heteroatoms. The molecule has 1 heterocycles. The summed E-state index contributed by atoms with van der Waals surface area (Å²) in [6.07, 6.45) is 1.49. The van der Waals surface area contributed by atoms with Gasteiger partial charge in [0.2, 0.25) is 0 Å². The van der Waals surface area contributed by atoms with Crippen LogP contribution in [0.15, 0.2) is 12.1 Å². The van der Waals surface area contributed by atoms with Crippen LogP contribution in [-0.2, 0) is 4.79 Å². The third-order valence-electron chi connectivity index (χ3n) is 4.20. The van der Waals surface area contributed by atoms with Crippen LogP contribution < -0.4 is 9.47 Å². The summed E-state index contributed by atoms with van der Waals surface area (Å²) in [6, 6.07) is 1.59. The molecule has 9 nitrogen and oxygen atoms in total. The number of nitro groups is 1. The number of unbranched alkanes of at least 4 members (excludes halogenated alkanes) is 1. The van der Waals surface area contributed by atoms with Gasteiger partial charge in [-0.3, -0.25) is 14.9 Å². The van der Waals surface area contributed by atoms with Crippen LogP contribution in [0.25, 0.3) is 0 Å². The molecule has 2 rings (SSSR count). The number of hydrogen-bond acceptors (Lipinski definition) is 7. The third-order valence-corrected chi connectivity index (χ3v) is 4.20. The molecule has 1 N–H and O–H groups in total. The first kappa shape index (κ1) is 19.6. The van der Waals surface area contributed by atoms with Gasteiger partial charge in [-0.15, -0.1) is 0 Å². The number of nitrogens with zero attached hydrogens (tertiary/aromatic N) is 2. The van der Waals surface area contributed by atoms with Crippen molar-refractivity contribution < 1.29 is 29.1 Å². The molecule has 0 unspecified atom stereocenters. The molecule has 0 bridgehead atoms. The van der Waals surface area contributed by atoms with Crippen molar-refractivity contribution in [3.8, 4) is 11.5 Å². The Morgan fingerprint density at radius 1 is 1.46 bits per heavy atom. The molecular formula is C17H22N2O7. The lowest BCUT2D eigenvalue weighted by Crippen LogP contribution is -2.37. The van der Waals surface area contributed by atoms with Crippen molar-refractivity contribution >= 4 is 17.9 Å². The third kappa shape index (κ3) is 4.10. The van der Waals surface area contributed by atoms with Gasteiger partial charge in [-0.1, -0.05) is 13.3 Å². The number of benzene rings is 1. The molecule has 0 spiro atoms. The first-order valence-electron chi connectivity index (χ1n) is 8.36. The SMILES string of the molecule is CCCCOc1cc([N+](=O)[O-])c(C(=O)N2C[C@H](O)C[C@H]2C=O)cc1OC. The number of rotatable bonds is 8. The fraction of sp³-hybridized carbons (Fsp3) is 0.529. The van der Waals surface area contributed by atoms with Gasteiger partial charge in [0, 0.05) is 19.0 Å². The predicted octanol–water partition coefficient (Wildman–Crippen LogP) is 1.56. The fourth-order valence-electron chi connectivity index (χ4n) is 2.83. The van der Waals surface area contributed by atoms with E-state index in [0.717, 1.165) is 23.8 Å². The van der Waals surface area contributed by atoms with Crippen LogP contribution in [-0.4, -0.2) is 59.5 Å². The van der Waals surface area contributed by atoms with Crippen molar-refractivity contribution in [2.45, 2.75) is 38.3 Å². The molecule has 1 aliphatic rings. The zero-order chi connectivity index (χ0) is 19.3. The van der Waals surface area contributed by atoms with Crippen molar-refractivity contribution in [2.75, 3.05) is 20.3 Å². The Hall–Kier alpha value is -2.68. The number of nitro benzene ring substituents is 1. The Morgan fingerprint density at radius 3 is 2.77 bits per heavy atom. The van der Waals surface area contributed by atoms with E-state index < -0.39 is 28.7 Å². The molecule has 2 atom stereocenters. The molecule has 1 aromatic rings. The molecule has 1 aliphatic heterocycles. The minimum atomic E-state index is -0.841. The van der Waals surface area contributed by atoms with Gasteiger partial charge in [0.15, 0.2) is 11.5 Å². The smallest absolute Gasteiger partial charge is 0.286 e. The second-order valence-electron chi connectivity index (χ2n) is 6.03. The quantitative estimate of drug-likeness (QED) is 0.321. The van der Waals surface area contributed by atoms with Gasteiger partial charge in [-0.25, -0.2) is 0 Å². The summed E-state index contributed by atoms with van der Waals surface area (Å²) in [5, 5.41) is 21.2. The van der Waals surface area contributed by atoms with Crippen LogP contribution in [0.1, 0.15) is 36.5 Å². The molecule has 0 radical (unpaired) electrons. The van der Waals surface area contributed by atoms with E-state index in [1.54, 1.807) is 0 Å². The number of carbonyl (C=O) groups is 2. The van der Waals surface area contributed by atoms with E-state index in [2.05, 4.69) is 0 Å². The number of hydrogen-bond donors (Lipinski definition) is 1. The predicted molar refractivity (Wildman–Crippen MR) is 91.6 cm³/mol. The summed E-state index contributed by atoms with van der Waals surface area (Å²) in [4.78, 5) is 35.9. The van der Waals surface area contributed by atoms with Crippen molar-refractivity contribution in [2.24, 2.45) is 0 Å². The zero-order valence-electron chi connectivity index (χ0n) is 14.7. The monoisotopic (exact) mass is 366 g/mol. The summed E-state index contributed by atoms with van der Waals surface area (Å²) in [7, 11) is 1.37. The Morgan fingerprint density at radius 2 is 2.19 bits per heavy atom. The number of amides is 1. The Labute approximate surface area is 150 Å². The van der Waals surface area contributed by atoms with E-state index in [4.69, 9.17) is 9.47 Å². The topological polar surface area (TPSA) is 119 Å². The lowest BCUT2D eigenvalue weighted by Gasteiger charge is -2.21. The average Bonchev–Trinajstić information content (AvgIpc) is 3.01. The Kier molecular flexibility index (Phi) is 6.51. The van der Waals surface area contributed by atoms with Gasteiger partial charge in [-0.2, -0.15) is 0 Å². The van der Waals surface area contributed by atoms with Gasteiger partial charge in [0.25, 0.3) is 11.6 Å². The molecule has 0 aliphatic carbocycles.